The van der Waals surface area contributed by atoms with Crippen LogP contribution >= 0.6 is 11.8 Å². The van der Waals surface area contributed by atoms with Crippen LogP contribution in [0.1, 0.15) is 43.6 Å². The SMILES string of the molecule is C=C/C=C(\C=C)Sc1ccc(C2CCCCC2)cc1.c1ccccc1. The van der Waals surface area contributed by atoms with E-state index in [0.717, 1.165) is 10.8 Å². The monoisotopic (exact) mass is 348 g/mol. The first kappa shape index (κ1) is 19.3. The van der Waals surface area contributed by atoms with E-state index in [-0.39, 0.29) is 0 Å². The zero-order valence-electron chi connectivity index (χ0n) is 14.9. The lowest BCUT2D eigenvalue weighted by molar-refractivity contribution is 0.443. The van der Waals surface area contributed by atoms with Crippen molar-refractivity contribution in [3.8, 4) is 0 Å². The Kier molecular flexibility index (Phi) is 8.93. The summed E-state index contributed by atoms with van der Waals surface area (Å²) >= 11 is 1.74. The first-order chi connectivity index (χ1) is 12.3. The molecular weight excluding hydrogens is 320 g/mol. The highest BCUT2D eigenvalue weighted by molar-refractivity contribution is 8.03. The second-order valence-electron chi connectivity index (χ2n) is 6.17. The topological polar surface area (TPSA) is 0 Å². The van der Waals surface area contributed by atoms with Gasteiger partial charge in [0.2, 0.25) is 0 Å². The Morgan fingerprint density at radius 3 is 1.88 bits per heavy atom. The minimum Gasteiger partial charge on any atom is -0.0990 e. The van der Waals surface area contributed by atoms with Gasteiger partial charge in [-0.05, 0) is 42.5 Å². The molecule has 0 saturated heterocycles. The fourth-order valence-corrected chi connectivity index (χ4v) is 3.82. The predicted molar refractivity (Wildman–Crippen MR) is 113 cm³/mol. The first-order valence-corrected chi connectivity index (χ1v) is 9.88. The van der Waals surface area contributed by atoms with E-state index < -0.39 is 0 Å². The summed E-state index contributed by atoms with van der Waals surface area (Å²) in [4.78, 5) is 2.41. The van der Waals surface area contributed by atoms with Crippen LogP contribution in [0.15, 0.2) is 102 Å². The van der Waals surface area contributed by atoms with Gasteiger partial charge in [-0.15, -0.1) is 0 Å². The number of hydrogen-bond donors (Lipinski definition) is 0. The number of thioether (sulfide) groups is 1. The maximum absolute atomic E-state index is 3.83. The minimum atomic E-state index is 0.787. The first-order valence-electron chi connectivity index (χ1n) is 9.06. The van der Waals surface area contributed by atoms with Crippen molar-refractivity contribution in [2.24, 2.45) is 0 Å². The molecule has 2 aromatic carbocycles. The fraction of sp³-hybridized carbons (Fsp3) is 0.250. The van der Waals surface area contributed by atoms with Crippen molar-refractivity contribution in [1.82, 2.24) is 0 Å². The van der Waals surface area contributed by atoms with E-state index in [1.165, 1.54) is 42.6 Å². The minimum absolute atomic E-state index is 0.787. The number of benzene rings is 2. The molecule has 1 fully saturated rings. The third-order valence-corrected chi connectivity index (χ3v) is 5.39. The smallest absolute Gasteiger partial charge is 0.0122 e. The van der Waals surface area contributed by atoms with Crippen LogP contribution < -0.4 is 0 Å². The predicted octanol–water partition coefficient (Wildman–Crippen LogP) is 7.77. The average Bonchev–Trinajstić information content (AvgIpc) is 2.71. The lowest BCUT2D eigenvalue weighted by Gasteiger charge is -2.22. The molecule has 0 amide bonds. The lowest BCUT2D eigenvalue weighted by Crippen LogP contribution is -2.03. The summed E-state index contributed by atoms with van der Waals surface area (Å²) in [6.45, 7) is 7.56. The van der Waals surface area contributed by atoms with E-state index in [1.54, 1.807) is 17.8 Å². The summed E-state index contributed by atoms with van der Waals surface area (Å²) in [5, 5.41) is 0. The quantitative estimate of drug-likeness (QED) is 0.393. The molecule has 3 rings (SSSR count). The molecule has 1 saturated carbocycles. The zero-order chi connectivity index (χ0) is 17.7. The summed E-state index contributed by atoms with van der Waals surface area (Å²) < 4.78 is 0. The molecule has 0 atom stereocenters. The van der Waals surface area contributed by atoms with E-state index in [1.807, 2.05) is 48.6 Å². The second kappa shape index (κ2) is 11.5. The Labute approximate surface area is 157 Å². The van der Waals surface area contributed by atoms with Crippen molar-refractivity contribution in [2.75, 3.05) is 0 Å². The largest absolute Gasteiger partial charge is 0.0990 e. The van der Waals surface area contributed by atoms with Crippen LogP contribution in [0.3, 0.4) is 0 Å². The Morgan fingerprint density at radius 2 is 1.40 bits per heavy atom. The van der Waals surface area contributed by atoms with Crippen molar-refractivity contribution in [1.29, 1.82) is 0 Å². The summed E-state index contributed by atoms with van der Waals surface area (Å²) in [7, 11) is 0. The van der Waals surface area contributed by atoms with E-state index in [2.05, 4.69) is 37.4 Å². The van der Waals surface area contributed by atoms with Gasteiger partial charge in [0.15, 0.2) is 0 Å². The summed E-state index contributed by atoms with van der Waals surface area (Å²) in [5.41, 5.74) is 1.51. The molecule has 1 aliphatic carbocycles. The van der Waals surface area contributed by atoms with Crippen LogP contribution in [-0.4, -0.2) is 0 Å². The highest BCUT2D eigenvalue weighted by Gasteiger charge is 2.15. The molecule has 0 N–H and O–H groups in total. The Balaban J connectivity index is 0.000000316. The molecule has 0 spiro atoms. The molecule has 2 aromatic rings. The van der Waals surface area contributed by atoms with E-state index in [0.29, 0.717) is 0 Å². The molecule has 0 radical (unpaired) electrons. The van der Waals surface area contributed by atoms with Gasteiger partial charge in [-0.1, -0.05) is 105 Å². The van der Waals surface area contributed by atoms with Crippen LogP contribution in [0, 0.1) is 0 Å². The average molecular weight is 349 g/mol. The summed E-state index contributed by atoms with van der Waals surface area (Å²) in [6.07, 6.45) is 12.6. The van der Waals surface area contributed by atoms with Crippen LogP contribution in [0.4, 0.5) is 0 Å². The van der Waals surface area contributed by atoms with E-state index in [9.17, 15) is 0 Å². The van der Waals surface area contributed by atoms with Crippen molar-refractivity contribution in [3.05, 3.63) is 103 Å². The molecule has 1 aliphatic rings. The van der Waals surface area contributed by atoms with Crippen molar-refractivity contribution in [2.45, 2.75) is 42.9 Å². The Bertz CT molecular complexity index is 620. The van der Waals surface area contributed by atoms with Gasteiger partial charge >= 0.3 is 0 Å². The zero-order valence-corrected chi connectivity index (χ0v) is 15.8. The van der Waals surface area contributed by atoms with Gasteiger partial charge in [0.25, 0.3) is 0 Å². The standard InChI is InChI=1S/C18H22S.C6H6/c1-3-8-17(4-2)19-18-13-11-16(12-14-18)15-9-6-5-7-10-15;1-2-4-6-5-3-1/h3-4,8,11-15H,1-2,5-7,9-10H2;1-6H/b17-8+;. The highest BCUT2D eigenvalue weighted by atomic mass is 32.2. The van der Waals surface area contributed by atoms with Gasteiger partial charge in [-0.3, -0.25) is 0 Å². The van der Waals surface area contributed by atoms with Gasteiger partial charge in [0.05, 0.1) is 0 Å². The van der Waals surface area contributed by atoms with Crippen molar-refractivity contribution in [3.63, 3.8) is 0 Å². The van der Waals surface area contributed by atoms with Crippen molar-refractivity contribution < 1.29 is 0 Å². The maximum Gasteiger partial charge on any atom is 0.0122 e. The van der Waals surface area contributed by atoms with E-state index >= 15 is 0 Å². The molecular formula is C24H28S. The molecule has 0 bridgehead atoms. The lowest BCUT2D eigenvalue weighted by atomic mass is 9.84. The third kappa shape index (κ3) is 7.19. The molecule has 0 aliphatic heterocycles. The van der Waals surface area contributed by atoms with Crippen LogP contribution in [0.5, 0.6) is 0 Å². The number of hydrogen-bond acceptors (Lipinski definition) is 1. The van der Waals surface area contributed by atoms with Gasteiger partial charge in [-0.2, -0.15) is 0 Å². The third-order valence-electron chi connectivity index (χ3n) is 4.34. The Morgan fingerprint density at radius 1 is 0.840 bits per heavy atom. The van der Waals surface area contributed by atoms with Gasteiger partial charge in [0, 0.05) is 9.80 Å². The summed E-state index contributed by atoms with van der Waals surface area (Å²) in [5.74, 6) is 0.787. The molecule has 0 heterocycles. The maximum atomic E-state index is 3.83. The number of allylic oxidation sites excluding steroid dienone is 3. The van der Waals surface area contributed by atoms with Gasteiger partial charge in [0.1, 0.15) is 0 Å². The molecule has 1 heteroatoms. The van der Waals surface area contributed by atoms with Crippen LogP contribution in [-0.2, 0) is 0 Å². The molecule has 25 heavy (non-hydrogen) atoms. The van der Waals surface area contributed by atoms with Gasteiger partial charge < -0.3 is 0 Å². The molecule has 0 unspecified atom stereocenters. The summed E-state index contributed by atoms with van der Waals surface area (Å²) in [6, 6.07) is 21.1. The normalized spacial score (nSPS) is 15.0. The van der Waals surface area contributed by atoms with Crippen LogP contribution in [0.25, 0.3) is 0 Å². The molecule has 0 nitrogen and oxygen atoms in total. The van der Waals surface area contributed by atoms with Crippen molar-refractivity contribution >= 4 is 11.8 Å². The molecule has 0 aromatic heterocycles. The fourth-order valence-electron chi connectivity index (χ4n) is 3.02. The number of rotatable bonds is 5. The Hall–Kier alpha value is -1.99. The van der Waals surface area contributed by atoms with E-state index in [4.69, 9.17) is 0 Å². The van der Waals surface area contributed by atoms with Crippen LogP contribution in [0.2, 0.25) is 0 Å². The highest BCUT2D eigenvalue weighted by Crippen LogP contribution is 2.34. The molecule has 130 valence electrons. The van der Waals surface area contributed by atoms with Gasteiger partial charge in [-0.25, -0.2) is 0 Å². The second-order valence-corrected chi connectivity index (χ2v) is 7.32.